The Morgan fingerprint density at radius 1 is 1.19 bits per heavy atom. The molecule has 0 aliphatic carbocycles. The number of piperidine rings is 1. The van der Waals surface area contributed by atoms with E-state index in [2.05, 4.69) is 27.7 Å². The number of carbonyl (C=O) groups excluding carboxylic acids is 1. The molecule has 0 radical (unpaired) electrons. The van der Waals surface area contributed by atoms with Gasteiger partial charge in [-0.3, -0.25) is 9.36 Å². The van der Waals surface area contributed by atoms with Crippen LogP contribution in [-0.2, 0) is 4.79 Å². The Bertz CT molecular complexity index is 959. The molecule has 2 heterocycles. The molecule has 1 fully saturated rings. The van der Waals surface area contributed by atoms with Crippen LogP contribution in [0.1, 0.15) is 18.4 Å². The van der Waals surface area contributed by atoms with Crippen LogP contribution >= 0.6 is 11.6 Å². The van der Waals surface area contributed by atoms with Crippen LogP contribution in [0.3, 0.4) is 0 Å². The predicted molar refractivity (Wildman–Crippen MR) is 105 cm³/mol. The molecule has 2 N–H and O–H groups in total. The molecule has 1 aliphatic rings. The van der Waals surface area contributed by atoms with Crippen LogP contribution in [0.2, 0.25) is 5.02 Å². The molecule has 0 unspecified atom stereocenters. The first kappa shape index (κ1) is 16.9. The Balaban J connectivity index is 1.83. The fraction of sp³-hybridized carbons (Fsp3) is 0.300. The molecule has 1 amide bonds. The molecule has 0 atom stereocenters. The Labute approximate surface area is 157 Å². The predicted octanol–water partition coefficient (Wildman–Crippen LogP) is 3.69. The maximum absolute atomic E-state index is 11.5. The van der Waals surface area contributed by atoms with E-state index < -0.39 is 0 Å². The van der Waals surface area contributed by atoms with Crippen LogP contribution < -0.4 is 10.6 Å². The molecule has 6 heteroatoms. The van der Waals surface area contributed by atoms with Crippen molar-refractivity contribution < 1.29 is 4.79 Å². The maximum Gasteiger partial charge on any atom is 0.220 e. The smallest absolute Gasteiger partial charge is 0.220 e. The number of aryl methyl sites for hydroxylation is 1. The number of amides is 1. The van der Waals surface area contributed by atoms with Crippen molar-refractivity contribution in [3.8, 4) is 5.69 Å². The normalized spacial score (nSPS) is 15.5. The van der Waals surface area contributed by atoms with Gasteiger partial charge in [0.2, 0.25) is 11.9 Å². The van der Waals surface area contributed by atoms with Crippen molar-refractivity contribution in [3.05, 3.63) is 53.1 Å². The highest BCUT2D eigenvalue weighted by Gasteiger charge is 2.27. The summed E-state index contributed by atoms with van der Waals surface area (Å²) in [7, 11) is 0. The molecule has 1 aromatic heterocycles. The van der Waals surface area contributed by atoms with Crippen molar-refractivity contribution in [1.82, 2.24) is 9.55 Å². The number of rotatable bonds is 3. The Kier molecular flexibility index (Phi) is 4.32. The number of anilines is 1. The number of nitrogens with two attached hydrogens (primary N) is 1. The van der Waals surface area contributed by atoms with E-state index in [1.54, 1.807) is 0 Å². The highest BCUT2D eigenvalue weighted by molar-refractivity contribution is 6.32. The van der Waals surface area contributed by atoms with E-state index in [0.29, 0.717) is 5.02 Å². The number of fused-ring (bicyclic) bond motifs is 1. The zero-order chi connectivity index (χ0) is 18.3. The molecule has 0 saturated carbocycles. The zero-order valence-corrected chi connectivity index (χ0v) is 15.4. The summed E-state index contributed by atoms with van der Waals surface area (Å²) < 4.78 is 2.17. The maximum atomic E-state index is 11.5. The van der Waals surface area contributed by atoms with Crippen molar-refractivity contribution in [2.24, 2.45) is 11.7 Å². The third-order valence-corrected chi connectivity index (χ3v) is 5.52. The molecule has 1 saturated heterocycles. The van der Waals surface area contributed by atoms with Crippen molar-refractivity contribution in [3.63, 3.8) is 0 Å². The first-order valence-corrected chi connectivity index (χ1v) is 9.20. The van der Waals surface area contributed by atoms with Gasteiger partial charge in [0, 0.05) is 29.7 Å². The van der Waals surface area contributed by atoms with Crippen LogP contribution in [-0.4, -0.2) is 28.5 Å². The van der Waals surface area contributed by atoms with Gasteiger partial charge in [0.15, 0.2) is 0 Å². The number of halogens is 1. The second kappa shape index (κ2) is 6.65. The number of nitrogens with zero attached hydrogens (tertiary/aromatic N) is 3. The van der Waals surface area contributed by atoms with E-state index in [1.807, 2.05) is 31.2 Å². The highest BCUT2D eigenvalue weighted by atomic mass is 35.5. The van der Waals surface area contributed by atoms with E-state index >= 15 is 0 Å². The molecule has 3 aromatic rings. The molecular formula is C20H21ClN4O. The summed E-state index contributed by atoms with van der Waals surface area (Å²) in [5, 5.41) is 0.717. The molecule has 4 rings (SSSR count). The average molecular weight is 369 g/mol. The number of para-hydroxylation sites is 1. The molecule has 0 bridgehead atoms. The lowest BCUT2D eigenvalue weighted by Gasteiger charge is -2.31. The van der Waals surface area contributed by atoms with Crippen molar-refractivity contribution in [1.29, 1.82) is 0 Å². The van der Waals surface area contributed by atoms with E-state index in [9.17, 15) is 4.79 Å². The molecule has 5 nitrogen and oxygen atoms in total. The van der Waals surface area contributed by atoms with E-state index in [1.165, 1.54) is 0 Å². The third-order valence-electron chi connectivity index (χ3n) is 5.11. The van der Waals surface area contributed by atoms with E-state index in [4.69, 9.17) is 22.3 Å². The van der Waals surface area contributed by atoms with Gasteiger partial charge in [-0.2, -0.15) is 0 Å². The standard InChI is InChI=1S/C20H21ClN4O/c1-13-11-18-17(12-16(13)21)23-20(25(18)15-5-3-2-4-6-15)24-9-7-14(8-10-24)19(22)26/h2-6,11-12,14H,7-10H2,1H3,(H2,22,26). The topological polar surface area (TPSA) is 64.2 Å². The molecule has 2 aromatic carbocycles. The minimum absolute atomic E-state index is 0.0440. The van der Waals surface area contributed by atoms with E-state index in [0.717, 1.165) is 54.2 Å². The van der Waals surface area contributed by atoms with Crippen LogP contribution in [0.15, 0.2) is 42.5 Å². The lowest BCUT2D eigenvalue weighted by atomic mass is 9.96. The molecule has 26 heavy (non-hydrogen) atoms. The zero-order valence-electron chi connectivity index (χ0n) is 14.7. The van der Waals surface area contributed by atoms with Crippen LogP contribution in [0.25, 0.3) is 16.7 Å². The van der Waals surface area contributed by atoms with Gasteiger partial charge in [0.05, 0.1) is 11.0 Å². The van der Waals surface area contributed by atoms with Crippen molar-refractivity contribution in [2.45, 2.75) is 19.8 Å². The highest BCUT2D eigenvalue weighted by Crippen LogP contribution is 2.32. The summed E-state index contributed by atoms with van der Waals surface area (Å²) in [6.45, 7) is 3.52. The van der Waals surface area contributed by atoms with Crippen LogP contribution in [0, 0.1) is 12.8 Å². The summed E-state index contributed by atoms with van der Waals surface area (Å²) in [5.74, 6) is 0.636. The Hall–Kier alpha value is -2.53. The summed E-state index contributed by atoms with van der Waals surface area (Å²) in [5.41, 5.74) is 9.46. The van der Waals surface area contributed by atoms with Crippen molar-refractivity contribution >= 4 is 34.5 Å². The summed E-state index contributed by atoms with van der Waals surface area (Å²) >= 11 is 6.32. The second-order valence-electron chi connectivity index (χ2n) is 6.84. The second-order valence-corrected chi connectivity index (χ2v) is 7.24. The summed E-state index contributed by atoms with van der Waals surface area (Å²) in [6, 6.07) is 14.2. The van der Waals surface area contributed by atoms with Crippen LogP contribution in [0.5, 0.6) is 0 Å². The van der Waals surface area contributed by atoms with Gasteiger partial charge in [-0.15, -0.1) is 0 Å². The van der Waals surface area contributed by atoms with Gasteiger partial charge in [-0.05, 0) is 49.6 Å². The SMILES string of the molecule is Cc1cc2c(cc1Cl)nc(N1CCC(C(N)=O)CC1)n2-c1ccccc1. The first-order chi connectivity index (χ1) is 12.5. The number of imidazole rings is 1. The minimum atomic E-state index is -0.205. The van der Waals surface area contributed by atoms with E-state index in [-0.39, 0.29) is 11.8 Å². The van der Waals surface area contributed by atoms with Gasteiger partial charge in [0.1, 0.15) is 0 Å². The van der Waals surface area contributed by atoms with Gasteiger partial charge >= 0.3 is 0 Å². The summed E-state index contributed by atoms with van der Waals surface area (Å²) in [4.78, 5) is 18.6. The lowest BCUT2D eigenvalue weighted by Crippen LogP contribution is -2.39. The monoisotopic (exact) mass is 368 g/mol. The quantitative estimate of drug-likeness (QED) is 0.766. The molecule has 134 valence electrons. The Morgan fingerprint density at radius 3 is 2.54 bits per heavy atom. The fourth-order valence-electron chi connectivity index (χ4n) is 3.60. The number of carbonyl (C=O) groups is 1. The van der Waals surface area contributed by atoms with Gasteiger partial charge in [-0.25, -0.2) is 4.98 Å². The fourth-order valence-corrected chi connectivity index (χ4v) is 3.76. The summed E-state index contributed by atoms with van der Waals surface area (Å²) in [6.07, 6.45) is 1.51. The van der Waals surface area contributed by atoms with Gasteiger partial charge < -0.3 is 10.6 Å². The Morgan fingerprint density at radius 2 is 1.88 bits per heavy atom. The van der Waals surface area contributed by atoms with Gasteiger partial charge in [-0.1, -0.05) is 29.8 Å². The number of aromatic nitrogens is 2. The third kappa shape index (κ3) is 2.92. The first-order valence-electron chi connectivity index (χ1n) is 8.83. The molecular weight excluding hydrogens is 348 g/mol. The van der Waals surface area contributed by atoms with Crippen LogP contribution in [0.4, 0.5) is 5.95 Å². The number of hydrogen-bond acceptors (Lipinski definition) is 3. The van der Waals surface area contributed by atoms with Crippen molar-refractivity contribution in [2.75, 3.05) is 18.0 Å². The molecule has 1 aliphatic heterocycles. The van der Waals surface area contributed by atoms with Gasteiger partial charge in [0.25, 0.3) is 0 Å². The number of benzene rings is 2. The minimum Gasteiger partial charge on any atom is -0.369 e. The lowest BCUT2D eigenvalue weighted by molar-refractivity contribution is -0.122. The largest absolute Gasteiger partial charge is 0.369 e. The molecule has 0 spiro atoms. The number of primary amides is 1. The average Bonchev–Trinajstić information content (AvgIpc) is 3.01. The number of hydrogen-bond donors (Lipinski definition) is 1.